The molecule has 0 fully saturated rings. The molecule has 91 valence electrons. The molecule has 2 aromatic carbocycles. The van der Waals surface area contributed by atoms with Crippen LogP contribution in [0.5, 0.6) is 0 Å². The third kappa shape index (κ3) is 3.70. The fourth-order valence-corrected chi connectivity index (χ4v) is 2.00. The molecule has 3 heteroatoms. The highest BCUT2D eigenvalue weighted by atomic mass is 79.9. The first-order valence-corrected chi connectivity index (χ1v) is 6.48. The third-order valence-corrected chi connectivity index (χ3v) is 3.16. The average molecular weight is 303 g/mol. The molecule has 0 N–H and O–H groups in total. The minimum Gasteiger partial charge on any atom is -0.326 e. The summed E-state index contributed by atoms with van der Waals surface area (Å²) in [6, 6.07) is 17.9. The molecule has 0 unspecified atom stereocenters. The highest BCUT2D eigenvalue weighted by molar-refractivity contribution is 9.10. The standard InChI is InChI=1S/C15H13BrNO/c16-15-8-6-14(7-9-15)11-17(12-18)10-13-4-2-1-3-5-13/h1-9H,10-11H2. The van der Waals surface area contributed by atoms with Crippen LogP contribution in [0.2, 0.25) is 0 Å². The van der Waals surface area contributed by atoms with Gasteiger partial charge in [-0.15, -0.1) is 0 Å². The van der Waals surface area contributed by atoms with Gasteiger partial charge in [-0.2, -0.15) is 0 Å². The second-order valence-corrected chi connectivity index (χ2v) is 4.98. The minimum atomic E-state index is 0.575. The summed E-state index contributed by atoms with van der Waals surface area (Å²) in [6.45, 7) is 1.16. The van der Waals surface area contributed by atoms with Gasteiger partial charge in [0.1, 0.15) is 0 Å². The van der Waals surface area contributed by atoms with Gasteiger partial charge < -0.3 is 4.90 Å². The molecular weight excluding hydrogens is 290 g/mol. The molecule has 0 aliphatic carbocycles. The van der Waals surface area contributed by atoms with Gasteiger partial charge in [0.2, 0.25) is 0 Å². The van der Waals surface area contributed by atoms with Crippen LogP contribution in [0.15, 0.2) is 59.1 Å². The Morgan fingerprint density at radius 2 is 1.44 bits per heavy atom. The van der Waals surface area contributed by atoms with Crippen molar-refractivity contribution >= 4 is 22.3 Å². The van der Waals surface area contributed by atoms with Crippen molar-refractivity contribution in [1.29, 1.82) is 0 Å². The van der Waals surface area contributed by atoms with E-state index in [0.717, 1.165) is 15.6 Å². The molecule has 1 radical (unpaired) electrons. The van der Waals surface area contributed by atoms with E-state index in [1.807, 2.05) is 61.0 Å². The molecule has 0 saturated carbocycles. The van der Waals surface area contributed by atoms with Crippen LogP contribution in [0.25, 0.3) is 0 Å². The molecule has 0 atom stereocenters. The fraction of sp³-hybridized carbons (Fsp3) is 0.133. The van der Waals surface area contributed by atoms with Crippen molar-refractivity contribution in [2.75, 3.05) is 0 Å². The molecule has 0 bridgehead atoms. The normalized spacial score (nSPS) is 10.1. The van der Waals surface area contributed by atoms with Crippen molar-refractivity contribution in [3.05, 3.63) is 70.2 Å². The molecule has 18 heavy (non-hydrogen) atoms. The number of benzene rings is 2. The van der Waals surface area contributed by atoms with E-state index in [0.29, 0.717) is 13.1 Å². The van der Waals surface area contributed by atoms with E-state index in [9.17, 15) is 4.79 Å². The lowest BCUT2D eigenvalue weighted by Gasteiger charge is -2.16. The Labute approximate surface area is 115 Å². The van der Waals surface area contributed by atoms with Gasteiger partial charge in [0.05, 0.1) is 0 Å². The van der Waals surface area contributed by atoms with Crippen LogP contribution in [0.1, 0.15) is 11.1 Å². The summed E-state index contributed by atoms with van der Waals surface area (Å²) < 4.78 is 1.04. The molecule has 0 heterocycles. The Morgan fingerprint density at radius 1 is 0.889 bits per heavy atom. The van der Waals surface area contributed by atoms with Gasteiger partial charge in [0.15, 0.2) is 0 Å². The van der Waals surface area contributed by atoms with Crippen molar-refractivity contribution in [1.82, 2.24) is 4.90 Å². The number of halogens is 1. The monoisotopic (exact) mass is 302 g/mol. The van der Waals surface area contributed by atoms with E-state index in [2.05, 4.69) is 15.9 Å². The number of hydrogen-bond acceptors (Lipinski definition) is 1. The van der Waals surface area contributed by atoms with Gasteiger partial charge in [0.25, 0.3) is 0 Å². The Morgan fingerprint density at radius 3 is 2.00 bits per heavy atom. The summed E-state index contributed by atoms with van der Waals surface area (Å²) >= 11 is 3.39. The van der Waals surface area contributed by atoms with Gasteiger partial charge >= 0.3 is 6.41 Å². The second kappa shape index (κ2) is 6.36. The van der Waals surface area contributed by atoms with E-state index in [-0.39, 0.29) is 0 Å². The Hall–Kier alpha value is -1.61. The Balaban J connectivity index is 2.01. The predicted molar refractivity (Wildman–Crippen MR) is 75.5 cm³/mol. The van der Waals surface area contributed by atoms with Gasteiger partial charge in [0, 0.05) is 17.6 Å². The molecule has 1 amide bonds. The Bertz CT molecular complexity index is 496. The fourth-order valence-electron chi connectivity index (χ4n) is 1.73. The van der Waals surface area contributed by atoms with Gasteiger partial charge in [-0.1, -0.05) is 58.4 Å². The molecule has 0 aliphatic rings. The summed E-state index contributed by atoms with van der Waals surface area (Å²) in [5.74, 6) is 0. The van der Waals surface area contributed by atoms with E-state index < -0.39 is 0 Å². The van der Waals surface area contributed by atoms with E-state index in [1.165, 1.54) is 0 Å². The zero-order valence-electron chi connectivity index (χ0n) is 9.84. The number of amides is 1. The van der Waals surface area contributed by atoms with Crippen LogP contribution in [0.4, 0.5) is 0 Å². The van der Waals surface area contributed by atoms with Crippen LogP contribution in [0, 0.1) is 0 Å². The molecule has 2 nitrogen and oxygen atoms in total. The van der Waals surface area contributed by atoms with Gasteiger partial charge in [-0.3, -0.25) is 4.79 Å². The third-order valence-electron chi connectivity index (χ3n) is 2.63. The summed E-state index contributed by atoms with van der Waals surface area (Å²) in [5.41, 5.74) is 2.20. The van der Waals surface area contributed by atoms with Crippen LogP contribution in [-0.2, 0) is 17.9 Å². The topological polar surface area (TPSA) is 20.3 Å². The SMILES string of the molecule is O=[C]N(Cc1ccccc1)Cc1ccc(Br)cc1. The average Bonchev–Trinajstić information content (AvgIpc) is 2.41. The smallest absolute Gasteiger partial charge is 0.312 e. The van der Waals surface area contributed by atoms with Crippen molar-refractivity contribution in [3.8, 4) is 0 Å². The molecular formula is C15H13BrNO. The first-order valence-electron chi connectivity index (χ1n) is 5.69. The van der Waals surface area contributed by atoms with Crippen molar-refractivity contribution < 1.29 is 4.79 Å². The molecule has 0 aromatic heterocycles. The zero-order chi connectivity index (χ0) is 12.8. The minimum absolute atomic E-state index is 0.575. The molecule has 0 saturated heterocycles. The van der Waals surface area contributed by atoms with E-state index in [1.54, 1.807) is 4.90 Å². The van der Waals surface area contributed by atoms with Crippen LogP contribution < -0.4 is 0 Å². The Kier molecular flexibility index (Phi) is 4.53. The van der Waals surface area contributed by atoms with E-state index in [4.69, 9.17) is 0 Å². The highest BCUT2D eigenvalue weighted by Crippen LogP contribution is 2.13. The van der Waals surface area contributed by atoms with Gasteiger partial charge in [-0.05, 0) is 23.3 Å². The molecule has 0 aliphatic heterocycles. The number of rotatable bonds is 5. The highest BCUT2D eigenvalue weighted by Gasteiger charge is 2.05. The van der Waals surface area contributed by atoms with Crippen LogP contribution in [-0.4, -0.2) is 11.3 Å². The quantitative estimate of drug-likeness (QED) is 0.774. The number of carbonyl (C=O) groups excluding carboxylic acids is 1. The van der Waals surface area contributed by atoms with Crippen molar-refractivity contribution in [2.24, 2.45) is 0 Å². The predicted octanol–water partition coefficient (Wildman–Crippen LogP) is 3.52. The van der Waals surface area contributed by atoms with Gasteiger partial charge in [-0.25, -0.2) is 0 Å². The first kappa shape index (κ1) is 12.8. The van der Waals surface area contributed by atoms with Crippen LogP contribution >= 0.6 is 15.9 Å². The maximum absolute atomic E-state index is 11.0. The maximum Gasteiger partial charge on any atom is 0.312 e. The van der Waals surface area contributed by atoms with Crippen molar-refractivity contribution in [3.63, 3.8) is 0 Å². The second-order valence-electron chi connectivity index (χ2n) is 4.06. The summed E-state index contributed by atoms with van der Waals surface area (Å²) in [7, 11) is 0. The first-order chi connectivity index (χ1) is 8.78. The number of nitrogens with zero attached hydrogens (tertiary/aromatic N) is 1. The van der Waals surface area contributed by atoms with Crippen molar-refractivity contribution in [2.45, 2.75) is 13.1 Å². The lowest BCUT2D eigenvalue weighted by molar-refractivity contribution is 0.368. The number of hydrogen-bond donors (Lipinski definition) is 0. The lowest BCUT2D eigenvalue weighted by Crippen LogP contribution is -2.20. The molecule has 0 spiro atoms. The van der Waals surface area contributed by atoms with Crippen LogP contribution in [0.3, 0.4) is 0 Å². The molecule has 2 aromatic rings. The summed E-state index contributed by atoms with van der Waals surface area (Å²) in [4.78, 5) is 12.6. The largest absolute Gasteiger partial charge is 0.326 e. The maximum atomic E-state index is 11.0. The van der Waals surface area contributed by atoms with E-state index >= 15 is 0 Å². The summed E-state index contributed by atoms with van der Waals surface area (Å²) in [6.07, 6.45) is 1.99. The zero-order valence-corrected chi connectivity index (χ0v) is 11.4. The molecule has 2 rings (SSSR count). The summed E-state index contributed by atoms with van der Waals surface area (Å²) in [5, 5.41) is 0. The lowest BCUT2D eigenvalue weighted by atomic mass is 10.2.